The van der Waals surface area contributed by atoms with Crippen LogP contribution in [0, 0.1) is 0 Å². The molecule has 0 aromatic heterocycles. The van der Waals surface area contributed by atoms with Crippen LogP contribution in [0.4, 0.5) is 57.1 Å². The Balaban J connectivity index is 0. The first-order valence-corrected chi connectivity index (χ1v) is 10.1. The Kier molecular flexibility index (Phi) is 11.7. The molecule has 0 heterocycles. The minimum Gasteiger partial charge on any atom is -0.310 e. The first kappa shape index (κ1) is 34.6. The van der Waals surface area contributed by atoms with Crippen molar-refractivity contribution in [2.24, 2.45) is 0 Å². The molecule has 1 unspecified atom stereocenters. The molecule has 204 valence electrons. The lowest BCUT2D eigenvalue weighted by atomic mass is 9.91. The highest BCUT2D eigenvalue weighted by Crippen LogP contribution is 2.61. The first-order valence-electron chi connectivity index (χ1n) is 8.70. The maximum Gasteiger partial charge on any atom is 0.438 e. The van der Waals surface area contributed by atoms with E-state index in [1.807, 2.05) is 12.2 Å². The topological polar surface area (TPSA) is 66.4 Å². The van der Waals surface area contributed by atoms with Crippen LogP contribution in [0.15, 0.2) is 25.3 Å². The van der Waals surface area contributed by atoms with Gasteiger partial charge in [-0.15, -0.1) is 13.2 Å². The number of hydrogen-bond acceptors (Lipinski definition) is 3. The fraction of sp³-hybridized carbons (Fsp3) is 0.750. The smallest absolute Gasteiger partial charge is 0.310 e. The average molecular weight is 553 g/mol. The summed E-state index contributed by atoms with van der Waals surface area (Å²) < 4.78 is 198. The zero-order valence-corrected chi connectivity index (χ0v) is 17.9. The molecule has 0 aromatic rings. The molecule has 1 atom stereocenters. The Bertz CT molecular complexity index is 777. The van der Waals surface area contributed by atoms with E-state index in [-0.39, 0.29) is 0 Å². The standard InChI is InChI=1S/C10H9F13O3S.C6H11N/c1-2-3-4(11)5(12,13)6(14,15)7(16,17)8(18,19)9(20,21)10(22,23)27(24,25)26;1-3-5-7-6-4-2/h4H,2-3H2,1H3,(H,24,25,26);3-4,7H,1-2,5-6H2. The van der Waals surface area contributed by atoms with Crippen molar-refractivity contribution >= 4 is 10.1 Å². The van der Waals surface area contributed by atoms with Crippen LogP contribution >= 0.6 is 0 Å². The molecule has 0 aliphatic carbocycles. The molecule has 0 amide bonds. The highest BCUT2D eigenvalue weighted by atomic mass is 32.2. The monoisotopic (exact) mass is 553 g/mol. The molecule has 34 heavy (non-hydrogen) atoms. The molecule has 0 spiro atoms. The van der Waals surface area contributed by atoms with E-state index in [0.29, 0.717) is 0 Å². The Hall–Kier alpha value is -1.56. The SMILES string of the molecule is C=CCNCC=C.CCCC(F)C(F)(F)C(F)(F)C(F)(F)C(F)(F)C(F)(F)C(F)(F)S(=O)(=O)O. The number of nitrogens with one attached hydrogen (secondary N) is 1. The number of alkyl halides is 13. The molecule has 0 bridgehead atoms. The van der Waals surface area contributed by atoms with E-state index in [9.17, 15) is 65.5 Å². The second-order valence-electron chi connectivity index (χ2n) is 6.40. The Labute approximate surface area is 185 Å². The van der Waals surface area contributed by atoms with E-state index in [4.69, 9.17) is 4.55 Å². The van der Waals surface area contributed by atoms with Gasteiger partial charge < -0.3 is 5.32 Å². The van der Waals surface area contributed by atoms with Crippen LogP contribution in [0.5, 0.6) is 0 Å². The molecule has 2 N–H and O–H groups in total. The van der Waals surface area contributed by atoms with Gasteiger partial charge in [0.05, 0.1) is 0 Å². The molecule has 4 nitrogen and oxygen atoms in total. The van der Waals surface area contributed by atoms with Gasteiger partial charge in [-0.2, -0.15) is 61.1 Å². The van der Waals surface area contributed by atoms with Gasteiger partial charge in [-0.3, -0.25) is 4.55 Å². The van der Waals surface area contributed by atoms with Gasteiger partial charge in [0.15, 0.2) is 6.17 Å². The number of rotatable bonds is 13. The van der Waals surface area contributed by atoms with Crippen molar-refractivity contribution in [2.45, 2.75) is 60.8 Å². The zero-order valence-electron chi connectivity index (χ0n) is 17.1. The molecule has 0 aliphatic rings. The van der Waals surface area contributed by atoms with Crippen molar-refractivity contribution < 1.29 is 70.0 Å². The quantitative estimate of drug-likeness (QED) is 0.132. The maximum absolute atomic E-state index is 13.3. The van der Waals surface area contributed by atoms with Crippen LogP contribution in [-0.4, -0.2) is 67.1 Å². The Morgan fingerprint density at radius 1 is 0.794 bits per heavy atom. The molecule has 0 radical (unpaired) electrons. The van der Waals surface area contributed by atoms with Gasteiger partial charge in [0, 0.05) is 13.1 Å². The molecule has 0 saturated carbocycles. The highest BCUT2D eigenvalue weighted by molar-refractivity contribution is 7.87. The second-order valence-corrected chi connectivity index (χ2v) is 7.87. The van der Waals surface area contributed by atoms with E-state index in [2.05, 4.69) is 18.5 Å². The second kappa shape index (κ2) is 11.5. The molecule has 0 rings (SSSR count). The molecule has 0 aromatic carbocycles. The predicted octanol–water partition coefficient (Wildman–Crippen LogP) is 5.73. The molecule has 0 aliphatic heterocycles. The first-order chi connectivity index (χ1) is 14.9. The van der Waals surface area contributed by atoms with Crippen molar-refractivity contribution in [1.29, 1.82) is 0 Å². The third-order valence-electron chi connectivity index (χ3n) is 3.80. The van der Waals surface area contributed by atoms with Gasteiger partial charge >= 0.3 is 45.0 Å². The lowest BCUT2D eigenvalue weighted by Crippen LogP contribution is -2.72. The zero-order chi connectivity index (χ0) is 28.0. The average Bonchev–Trinajstić information content (AvgIpc) is 2.67. The van der Waals surface area contributed by atoms with Gasteiger partial charge in [0.2, 0.25) is 0 Å². The normalized spacial score (nSPS) is 15.3. The molecule has 0 fully saturated rings. The minimum atomic E-state index is -8.20. The number of hydrogen-bond donors (Lipinski definition) is 2. The molecular weight excluding hydrogens is 533 g/mol. The fourth-order valence-corrected chi connectivity index (χ4v) is 2.32. The summed E-state index contributed by atoms with van der Waals surface area (Å²) in [5.41, 5.74) is 0. The van der Waals surface area contributed by atoms with Crippen molar-refractivity contribution in [2.75, 3.05) is 13.1 Å². The van der Waals surface area contributed by atoms with Crippen LogP contribution in [0.1, 0.15) is 19.8 Å². The van der Waals surface area contributed by atoms with Crippen LogP contribution in [0.3, 0.4) is 0 Å². The summed E-state index contributed by atoms with van der Waals surface area (Å²) in [6, 6.07) is 0. The summed E-state index contributed by atoms with van der Waals surface area (Å²) in [5, 5.41) is -4.45. The van der Waals surface area contributed by atoms with E-state index in [1.165, 1.54) is 0 Å². The summed E-state index contributed by atoms with van der Waals surface area (Å²) in [5.74, 6) is -38.7. The summed E-state index contributed by atoms with van der Waals surface area (Å²) in [6.45, 7) is 9.66. The third kappa shape index (κ3) is 6.16. The molecular formula is C16H20F13NO3S. The van der Waals surface area contributed by atoms with E-state index in [1.54, 1.807) is 0 Å². The van der Waals surface area contributed by atoms with Gasteiger partial charge in [0.1, 0.15) is 0 Å². The Morgan fingerprint density at radius 2 is 1.15 bits per heavy atom. The van der Waals surface area contributed by atoms with Crippen LogP contribution in [0.2, 0.25) is 0 Å². The van der Waals surface area contributed by atoms with E-state index in [0.717, 1.165) is 20.0 Å². The van der Waals surface area contributed by atoms with Crippen LogP contribution in [0.25, 0.3) is 0 Å². The van der Waals surface area contributed by atoms with Crippen molar-refractivity contribution in [3.05, 3.63) is 25.3 Å². The van der Waals surface area contributed by atoms with Crippen LogP contribution < -0.4 is 5.32 Å². The van der Waals surface area contributed by atoms with E-state index >= 15 is 0 Å². The van der Waals surface area contributed by atoms with Crippen LogP contribution in [-0.2, 0) is 10.1 Å². The van der Waals surface area contributed by atoms with Gasteiger partial charge in [-0.05, 0) is 6.42 Å². The summed E-state index contributed by atoms with van der Waals surface area (Å²) >= 11 is 0. The highest BCUT2D eigenvalue weighted by Gasteiger charge is 2.92. The molecule has 0 saturated heterocycles. The fourth-order valence-electron chi connectivity index (χ4n) is 1.87. The van der Waals surface area contributed by atoms with Gasteiger partial charge in [-0.25, -0.2) is 4.39 Å². The van der Waals surface area contributed by atoms with E-state index < -0.39 is 64.0 Å². The lowest BCUT2D eigenvalue weighted by molar-refractivity contribution is -0.421. The lowest BCUT2D eigenvalue weighted by Gasteiger charge is -2.41. The van der Waals surface area contributed by atoms with Gasteiger partial charge in [-0.1, -0.05) is 25.5 Å². The summed E-state index contributed by atoms with van der Waals surface area (Å²) in [7, 11) is -7.61. The summed E-state index contributed by atoms with van der Waals surface area (Å²) in [4.78, 5) is 0. The van der Waals surface area contributed by atoms with Crippen molar-refractivity contribution in [3.63, 3.8) is 0 Å². The number of halogens is 13. The molecule has 18 heteroatoms. The predicted molar refractivity (Wildman–Crippen MR) is 94.3 cm³/mol. The Morgan fingerprint density at radius 3 is 1.44 bits per heavy atom. The van der Waals surface area contributed by atoms with Crippen molar-refractivity contribution in [1.82, 2.24) is 5.32 Å². The maximum atomic E-state index is 13.3. The van der Waals surface area contributed by atoms with Gasteiger partial charge in [0.25, 0.3) is 0 Å². The van der Waals surface area contributed by atoms with Crippen molar-refractivity contribution in [3.8, 4) is 0 Å². The minimum absolute atomic E-state index is 0.730. The third-order valence-corrected chi connectivity index (χ3v) is 4.71. The largest absolute Gasteiger partial charge is 0.438 e. The summed E-state index contributed by atoms with van der Waals surface area (Å²) in [6.07, 6.45) is -3.00.